The third kappa shape index (κ3) is 4.36. The monoisotopic (exact) mass is 309 g/mol. The summed E-state index contributed by atoms with van der Waals surface area (Å²) in [6, 6.07) is 8.19. The van der Waals surface area contributed by atoms with Crippen LogP contribution in [-0.4, -0.2) is 47.6 Å². The van der Waals surface area contributed by atoms with E-state index in [0.717, 1.165) is 43.6 Å². The minimum atomic E-state index is -0.00319. The number of benzene rings is 1. The first kappa shape index (κ1) is 15.1. The smallest absolute Gasteiger partial charge is 0.158 e. The fourth-order valence-electron chi connectivity index (χ4n) is 2.06. The molecule has 0 bridgehead atoms. The van der Waals surface area contributed by atoms with E-state index in [1.165, 1.54) is 5.69 Å². The number of likely N-dealkylation sites (N-methyl/N-ethyl adjacent to an activating group) is 1. The maximum absolute atomic E-state index is 7.18. The van der Waals surface area contributed by atoms with Crippen LogP contribution in [0.2, 0.25) is 0 Å². The number of amidine groups is 1. The van der Waals surface area contributed by atoms with Crippen molar-refractivity contribution in [3.63, 3.8) is 0 Å². The Labute approximate surface area is 129 Å². The Balaban J connectivity index is 1.92. The molecule has 1 aliphatic heterocycles. The molecule has 4 N–H and O–H groups in total. The van der Waals surface area contributed by atoms with Crippen LogP contribution in [0.15, 0.2) is 24.3 Å². The van der Waals surface area contributed by atoms with Gasteiger partial charge in [-0.3, -0.25) is 5.41 Å². The number of hydrogen-bond acceptors (Lipinski definition) is 5. The van der Waals surface area contributed by atoms with E-state index in [4.69, 9.17) is 23.4 Å². The summed E-state index contributed by atoms with van der Waals surface area (Å²) >= 11 is 6.15. The van der Waals surface area contributed by atoms with Crippen molar-refractivity contribution < 1.29 is 0 Å². The van der Waals surface area contributed by atoms with Gasteiger partial charge in [-0.25, -0.2) is 0 Å². The normalized spacial score (nSPS) is 15.9. The van der Waals surface area contributed by atoms with E-state index in [1.807, 2.05) is 12.1 Å². The molecule has 1 saturated heterocycles. The van der Waals surface area contributed by atoms with Gasteiger partial charge in [-0.2, -0.15) is 0 Å². The number of rotatable bonds is 2. The van der Waals surface area contributed by atoms with Crippen LogP contribution in [-0.2, 0) is 0 Å². The number of nitrogens with one attached hydrogen (secondary N) is 2. The van der Waals surface area contributed by atoms with Crippen molar-refractivity contribution in [1.82, 2.24) is 4.90 Å². The minimum absolute atomic E-state index is 0.00319. The molecule has 0 radical (unpaired) electrons. The van der Waals surface area contributed by atoms with Gasteiger partial charge in [0.25, 0.3) is 0 Å². The fraction of sp³-hybridized carbons (Fsp3) is 0.385. The Morgan fingerprint density at radius 1 is 1.25 bits per heavy atom. The maximum atomic E-state index is 7.18. The average molecular weight is 309 g/mol. The van der Waals surface area contributed by atoms with Crippen molar-refractivity contribution in [3.05, 3.63) is 24.3 Å². The number of hydrogen-bond donors (Lipinski definition) is 3. The summed E-state index contributed by atoms with van der Waals surface area (Å²) < 4.78 is 0.491. The molecular weight excluding hydrogens is 290 g/mol. The van der Waals surface area contributed by atoms with Gasteiger partial charge in [0.15, 0.2) is 5.17 Å². The summed E-state index contributed by atoms with van der Waals surface area (Å²) in [4.78, 5) is 4.72. The zero-order chi connectivity index (χ0) is 14.5. The van der Waals surface area contributed by atoms with Crippen LogP contribution in [0.25, 0.3) is 0 Å². The molecule has 1 heterocycles. The summed E-state index contributed by atoms with van der Waals surface area (Å²) in [5.41, 5.74) is 7.44. The van der Waals surface area contributed by atoms with Crippen LogP contribution in [0.1, 0.15) is 0 Å². The van der Waals surface area contributed by atoms with Crippen molar-refractivity contribution in [2.45, 2.75) is 0 Å². The van der Waals surface area contributed by atoms with E-state index >= 15 is 0 Å². The first-order valence-corrected chi connectivity index (χ1v) is 7.63. The minimum Gasteiger partial charge on any atom is -0.378 e. The predicted molar refractivity (Wildman–Crippen MR) is 91.9 cm³/mol. The van der Waals surface area contributed by atoms with E-state index in [2.05, 4.69) is 34.3 Å². The van der Waals surface area contributed by atoms with Gasteiger partial charge in [-0.05, 0) is 43.1 Å². The van der Waals surface area contributed by atoms with Gasteiger partial charge in [-0.1, -0.05) is 12.2 Å². The fourth-order valence-corrected chi connectivity index (χ4v) is 2.82. The SMILES string of the molecule is CN1CCN(c2ccc(NC(=S)SC(=N)N)cc2)CC1. The van der Waals surface area contributed by atoms with Gasteiger partial charge < -0.3 is 20.9 Å². The van der Waals surface area contributed by atoms with Crippen LogP contribution >= 0.6 is 24.0 Å². The number of nitrogens with two attached hydrogens (primary N) is 1. The number of nitrogens with zero attached hydrogens (tertiary/aromatic N) is 2. The van der Waals surface area contributed by atoms with Gasteiger partial charge in [-0.15, -0.1) is 0 Å². The first-order valence-electron chi connectivity index (χ1n) is 6.41. The molecule has 1 fully saturated rings. The molecule has 1 aromatic rings. The predicted octanol–water partition coefficient (Wildman–Crippen LogP) is 1.76. The molecule has 5 nitrogen and oxygen atoms in total. The van der Waals surface area contributed by atoms with Gasteiger partial charge >= 0.3 is 0 Å². The zero-order valence-corrected chi connectivity index (χ0v) is 13.1. The van der Waals surface area contributed by atoms with Crippen LogP contribution in [0.5, 0.6) is 0 Å². The molecular formula is C13H19N5S2. The van der Waals surface area contributed by atoms with Crippen LogP contribution in [0, 0.1) is 5.41 Å². The molecule has 2 rings (SSSR count). The summed E-state index contributed by atoms with van der Waals surface area (Å²) in [7, 11) is 2.15. The lowest BCUT2D eigenvalue weighted by Crippen LogP contribution is -2.44. The molecule has 20 heavy (non-hydrogen) atoms. The van der Waals surface area contributed by atoms with Gasteiger partial charge in [0.1, 0.15) is 4.32 Å². The number of thiocarbonyl (C=S) groups is 1. The van der Waals surface area contributed by atoms with Crippen LogP contribution in [0.3, 0.4) is 0 Å². The van der Waals surface area contributed by atoms with Crippen molar-refractivity contribution in [2.75, 3.05) is 43.4 Å². The van der Waals surface area contributed by atoms with Gasteiger partial charge in [0.2, 0.25) is 0 Å². The lowest BCUT2D eigenvalue weighted by molar-refractivity contribution is 0.313. The average Bonchev–Trinajstić information content (AvgIpc) is 2.39. The number of thioether (sulfide) groups is 1. The zero-order valence-electron chi connectivity index (χ0n) is 11.4. The lowest BCUT2D eigenvalue weighted by atomic mass is 10.2. The van der Waals surface area contributed by atoms with Gasteiger partial charge in [0, 0.05) is 37.6 Å². The van der Waals surface area contributed by atoms with Crippen molar-refractivity contribution in [3.8, 4) is 0 Å². The standard InChI is InChI=1S/C13H19N5S2/c1-17-6-8-18(9-7-17)11-4-2-10(3-5-11)16-13(19)20-12(14)15/h2-5H,6-9H2,1H3,(H3,14,15)(H,16,19). The molecule has 0 aliphatic carbocycles. The third-order valence-electron chi connectivity index (χ3n) is 3.18. The molecule has 0 amide bonds. The first-order chi connectivity index (χ1) is 9.54. The highest BCUT2D eigenvalue weighted by atomic mass is 32.2. The Hall–Kier alpha value is -1.31. The number of piperazine rings is 1. The summed E-state index contributed by atoms with van der Waals surface area (Å²) in [6.07, 6.45) is 0. The highest BCUT2D eigenvalue weighted by Gasteiger charge is 2.13. The topological polar surface area (TPSA) is 68.4 Å². The summed E-state index contributed by atoms with van der Waals surface area (Å²) in [5.74, 6) is 0. The summed E-state index contributed by atoms with van der Waals surface area (Å²) in [5, 5.41) is 10.2. The number of anilines is 2. The highest BCUT2D eigenvalue weighted by molar-refractivity contribution is 8.33. The molecule has 1 aliphatic rings. The van der Waals surface area contributed by atoms with E-state index in [1.54, 1.807) is 0 Å². The summed E-state index contributed by atoms with van der Waals surface area (Å²) in [6.45, 7) is 4.31. The molecule has 108 valence electrons. The van der Waals surface area contributed by atoms with Crippen molar-refractivity contribution in [1.29, 1.82) is 5.41 Å². The quantitative estimate of drug-likeness (QED) is 0.439. The van der Waals surface area contributed by atoms with Crippen molar-refractivity contribution >= 4 is 44.8 Å². The van der Waals surface area contributed by atoms with E-state index < -0.39 is 0 Å². The molecule has 1 aromatic carbocycles. The van der Waals surface area contributed by atoms with E-state index in [-0.39, 0.29) is 5.17 Å². The van der Waals surface area contributed by atoms with Crippen LogP contribution in [0.4, 0.5) is 11.4 Å². The largest absolute Gasteiger partial charge is 0.378 e. The Bertz CT molecular complexity index is 480. The lowest BCUT2D eigenvalue weighted by Gasteiger charge is -2.34. The van der Waals surface area contributed by atoms with Gasteiger partial charge in [0.05, 0.1) is 0 Å². The maximum Gasteiger partial charge on any atom is 0.158 e. The second-order valence-electron chi connectivity index (χ2n) is 4.72. The molecule has 0 spiro atoms. The van der Waals surface area contributed by atoms with Crippen LogP contribution < -0.4 is 16.0 Å². The van der Waals surface area contributed by atoms with E-state index in [9.17, 15) is 0 Å². The highest BCUT2D eigenvalue weighted by Crippen LogP contribution is 2.20. The van der Waals surface area contributed by atoms with E-state index in [0.29, 0.717) is 4.32 Å². The third-order valence-corrected chi connectivity index (χ3v) is 4.04. The Morgan fingerprint density at radius 2 is 1.85 bits per heavy atom. The molecule has 0 unspecified atom stereocenters. The molecule has 7 heteroatoms. The molecule has 0 aromatic heterocycles. The second-order valence-corrected chi connectivity index (χ2v) is 6.43. The molecule has 0 saturated carbocycles. The van der Waals surface area contributed by atoms with Crippen molar-refractivity contribution in [2.24, 2.45) is 5.73 Å². The Morgan fingerprint density at radius 3 is 2.40 bits per heavy atom. The Kier molecular flexibility index (Phi) is 5.22. The second kappa shape index (κ2) is 6.92. The molecule has 0 atom stereocenters.